The Morgan fingerprint density at radius 2 is 1.61 bits per heavy atom. The van der Waals surface area contributed by atoms with Crippen molar-refractivity contribution in [2.24, 2.45) is 0 Å². The molecule has 28 heavy (non-hydrogen) atoms. The molecule has 8 nitrogen and oxygen atoms in total. The van der Waals surface area contributed by atoms with Crippen LogP contribution in [0.25, 0.3) is 0 Å². The van der Waals surface area contributed by atoms with Crippen molar-refractivity contribution in [1.82, 2.24) is 5.32 Å². The molecule has 0 unspecified atom stereocenters. The largest absolute Gasteiger partial charge is 0.486 e. The molecule has 2 aromatic carbocycles. The van der Waals surface area contributed by atoms with Gasteiger partial charge in [-0.1, -0.05) is 0 Å². The van der Waals surface area contributed by atoms with Crippen LogP contribution in [0.1, 0.15) is 17.3 Å². The number of hydrogen-bond acceptors (Lipinski definition) is 6. The van der Waals surface area contributed by atoms with Gasteiger partial charge in [-0.2, -0.15) is 0 Å². The minimum absolute atomic E-state index is 0.131. The maximum absolute atomic E-state index is 12.4. The van der Waals surface area contributed by atoms with Crippen molar-refractivity contribution < 1.29 is 28.5 Å². The smallest absolute Gasteiger partial charge is 0.251 e. The molecule has 2 aliphatic rings. The Morgan fingerprint density at radius 1 is 0.929 bits per heavy atom. The molecule has 4 rings (SSSR count). The van der Waals surface area contributed by atoms with Crippen LogP contribution in [0, 0.1) is 0 Å². The van der Waals surface area contributed by atoms with E-state index in [2.05, 4.69) is 5.32 Å². The lowest BCUT2D eigenvalue weighted by Crippen LogP contribution is -2.37. The van der Waals surface area contributed by atoms with Gasteiger partial charge in [0, 0.05) is 37.3 Å². The van der Waals surface area contributed by atoms with E-state index in [1.807, 2.05) is 0 Å². The summed E-state index contributed by atoms with van der Waals surface area (Å²) in [6, 6.07) is 10.4. The number of nitrogens with zero attached hydrogens (tertiary/aromatic N) is 1. The second-order valence-electron chi connectivity index (χ2n) is 6.32. The number of fused-ring (bicyclic) bond motifs is 2. The lowest BCUT2D eigenvalue weighted by molar-refractivity contribution is -0.116. The molecule has 1 N–H and O–H groups in total. The Bertz CT molecular complexity index is 914. The van der Waals surface area contributed by atoms with Crippen LogP contribution in [0.2, 0.25) is 0 Å². The van der Waals surface area contributed by atoms with Crippen LogP contribution < -0.4 is 29.2 Å². The first-order valence-electron chi connectivity index (χ1n) is 8.97. The summed E-state index contributed by atoms with van der Waals surface area (Å²) < 4.78 is 21.6. The molecule has 146 valence electrons. The number of amides is 2. The lowest BCUT2D eigenvalue weighted by Gasteiger charge is -2.24. The van der Waals surface area contributed by atoms with Crippen LogP contribution in [0.4, 0.5) is 5.69 Å². The molecule has 0 radical (unpaired) electrons. The van der Waals surface area contributed by atoms with E-state index in [0.29, 0.717) is 60.6 Å². The fourth-order valence-electron chi connectivity index (χ4n) is 3.09. The van der Waals surface area contributed by atoms with Crippen LogP contribution in [0.15, 0.2) is 36.4 Å². The Labute approximate surface area is 161 Å². The molecule has 0 bridgehead atoms. The first-order valence-corrected chi connectivity index (χ1v) is 8.97. The van der Waals surface area contributed by atoms with Gasteiger partial charge in [0.15, 0.2) is 23.0 Å². The molecule has 0 aromatic heterocycles. The van der Waals surface area contributed by atoms with Crippen molar-refractivity contribution in [1.29, 1.82) is 0 Å². The van der Waals surface area contributed by atoms with Gasteiger partial charge in [-0.3, -0.25) is 9.59 Å². The molecule has 8 heteroatoms. The second-order valence-corrected chi connectivity index (χ2v) is 6.32. The zero-order valence-electron chi connectivity index (χ0n) is 15.4. The van der Waals surface area contributed by atoms with E-state index in [-0.39, 0.29) is 18.6 Å². The van der Waals surface area contributed by atoms with E-state index in [9.17, 15) is 9.59 Å². The van der Waals surface area contributed by atoms with Gasteiger partial charge in [-0.25, -0.2) is 0 Å². The third kappa shape index (κ3) is 3.66. The van der Waals surface area contributed by atoms with Crippen molar-refractivity contribution in [3.05, 3.63) is 42.0 Å². The Kier molecular flexibility index (Phi) is 4.92. The number of nitrogens with one attached hydrogen (secondary N) is 1. The molecule has 0 saturated heterocycles. The zero-order chi connectivity index (χ0) is 19.5. The van der Waals surface area contributed by atoms with E-state index in [0.717, 1.165) is 0 Å². The van der Waals surface area contributed by atoms with Gasteiger partial charge in [0.25, 0.3) is 5.91 Å². The topological polar surface area (TPSA) is 86.3 Å². The number of carbonyl (C=O) groups excluding carboxylic acids is 2. The summed E-state index contributed by atoms with van der Waals surface area (Å²) in [6.07, 6.45) is 0. The van der Waals surface area contributed by atoms with E-state index < -0.39 is 0 Å². The highest BCUT2D eigenvalue weighted by atomic mass is 16.7. The molecule has 0 saturated carbocycles. The van der Waals surface area contributed by atoms with Crippen molar-refractivity contribution in [2.75, 3.05) is 38.0 Å². The summed E-state index contributed by atoms with van der Waals surface area (Å²) in [5, 5.41) is 2.82. The monoisotopic (exact) mass is 384 g/mol. The molecular formula is C20H20N2O6. The Hall–Kier alpha value is -3.42. The van der Waals surface area contributed by atoms with E-state index in [1.54, 1.807) is 41.3 Å². The summed E-state index contributed by atoms with van der Waals surface area (Å²) >= 11 is 0. The number of carbonyl (C=O) groups is 2. The predicted molar refractivity (Wildman–Crippen MR) is 100 cm³/mol. The highest BCUT2D eigenvalue weighted by molar-refractivity contribution is 5.95. The highest BCUT2D eigenvalue weighted by Gasteiger charge is 2.19. The molecule has 2 heterocycles. The minimum Gasteiger partial charge on any atom is -0.486 e. The van der Waals surface area contributed by atoms with Crippen molar-refractivity contribution in [3.8, 4) is 23.0 Å². The third-order valence-electron chi connectivity index (χ3n) is 4.47. The van der Waals surface area contributed by atoms with Crippen molar-refractivity contribution in [2.45, 2.75) is 6.92 Å². The molecule has 2 aliphatic heterocycles. The van der Waals surface area contributed by atoms with Gasteiger partial charge in [0.2, 0.25) is 12.7 Å². The highest BCUT2D eigenvalue weighted by Crippen LogP contribution is 2.34. The normalized spacial score (nSPS) is 13.8. The van der Waals surface area contributed by atoms with Crippen molar-refractivity contribution in [3.63, 3.8) is 0 Å². The van der Waals surface area contributed by atoms with Crippen LogP contribution in [0.5, 0.6) is 23.0 Å². The molecule has 0 aliphatic carbocycles. The van der Waals surface area contributed by atoms with Gasteiger partial charge in [0.1, 0.15) is 13.2 Å². The van der Waals surface area contributed by atoms with Crippen LogP contribution in [-0.2, 0) is 4.79 Å². The number of anilines is 1. The maximum atomic E-state index is 12.4. The molecule has 0 spiro atoms. The van der Waals surface area contributed by atoms with Gasteiger partial charge >= 0.3 is 0 Å². The summed E-state index contributed by atoms with van der Waals surface area (Å²) in [7, 11) is 0. The summed E-state index contributed by atoms with van der Waals surface area (Å²) in [6.45, 7) is 3.24. The number of benzene rings is 2. The SMILES string of the molecule is CC(=O)N(CCNC(=O)c1ccc2c(c1)OCO2)c1ccc2c(c1)OCCO2. The first kappa shape index (κ1) is 18.0. The summed E-state index contributed by atoms with van der Waals surface area (Å²) in [5.74, 6) is 2.07. The van der Waals surface area contributed by atoms with Gasteiger partial charge in [-0.05, 0) is 30.3 Å². The van der Waals surface area contributed by atoms with E-state index in [4.69, 9.17) is 18.9 Å². The molecular weight excluding hydrogens is 364 g/mol. The van der Waals surface area contributed by atoms with Crippen molar-refractivity contribution >= 4 is 17.5 Å². The first-order chi connectivity index (χ1) is 13.6. The number of hydrogen-bond donors (Lipinski definition) is 1. The summed E-state index contributed by atoms with van der Waals surface area (Å²) in [5.41, 5.74) is 1.16. The van der Waals surface area contributed by atoms with Crippen LogP contribution in [-0.4, -0.2) is 44.9 Å². The standard InChI is InChI=1S/C20H20N2O6/c1-13(23)22(15-3-5-16-19(11-15)26-9-8-25-16)7-6-21-20(24)14-2-4-17-18(10-14)28-12-27-17/h2-5,10-11H,6-9,12H2,1H3,(H,21,24). The van der Waals surface area contributed by atoms with Gasteiger partial charge in [-0.15, -0.1) is 0 Å². The quantitative estimate of drug-likeness (QED) is 0.848. The molecule has 2 aromatic rings. The third-order valence-corrected chi connectivity index (χ3v) is 4.47. The van der Waals surface area contributed by atoms with Crippen LogP contribution >= 0.6 is 0 Å². The fraction of sp³-hybridized carbons (Fsp3) is 0.300. The predicted octanol–water partition coefficient (Wildman–Crippen LogP) is 1.97. The summed E-state index contributed by atoms with van der Waals surface area (Å²) in [4.78, 5) is 26.1. The lowest BCUT2D eigenvalue weighted by atomic mass is 10.2. The average molecular weight is 384 g/mol. The molecule has 0 fully saturated rings. The molecule has 2 amide bonds. The van der Waals surface area contributed by atoms with E-state index >= 15 is 0 Å². The fourth-order valence-corrected chi connectivity index (χ4v) is 3.09. The average Bonchev–Trinajstić information content (AvgIpc) is 3.18. The minimum atomic E-state index is -0.246. The van der Waals surface area contributed by atoms with Gasteiger partial charge in [0.05, 0.1) is 0 Å². The second kappa shape index (κ2) is 7.67. The van der Waals surface area contributed by atoms with Crippen LogP contribution in [0.3, 0.4) is 0 Å². The van der Waals surface area contributed by atoms with Gasteiger partial charge < -0.3 is 29.2 Å². The Balaban J connectivity index is 1.39. The zero-order valence-corrected chi connectivity index (χ0v) is 15.4. The maximum Gasteiger partial charge on any atom is 0.251 e. The van der Waals surface area contributed by atoms with E-state index in [1.165, 1.54) is 6.92 Å². The molecule has 0 atom stereocenters. The number of ether oxygens (including phenoxy) is 4. The number of rotatable bonds is 5. The Morgan fingerprint density at radius 3 is 2.43 bits per heavy atom.